The molecule has 3 heteroatoms. The van der Waals surface area contributed by atoms with Crippen molar-refractivity contribution in [2.45, 2.75) is 0 Å². The van der Waals surface area contributed by atoms with E-state index in [1.807, 2.05) is 22.7 Å². The lowest BCUT2D eigenvalue weighted by atomic mass is 9.98. The Labute approximate surface area is 350 Å². The number of hydrogen-bond acceptors (Lipinski definition) is 3. The van der Waals surface area contributed by atoms with Gasteiger partial charge in [0.25, 0.3) is 0 Å². The summed E-state index contributed by atoms with van der Waals surface area (Å²) in [6.45, 7) is 0. The van der Waals surface area contributed by atoms with Gasteiger partial charge in [-0.25, -0.2) is 0 Å². The van der Waals surface area contributed by atoms with Crippen molar-refractivity contribution < 1.29 is 0 Å². The van der Waals surface area contributed by atoms with Crippen LogP contribution in [-0.4, -0.2) is 0 Å². The lowest BCUT2D eigenvalue weighted by Crippen LogP contribution is -2.10. The van der Waals surface area contributed by atoms with Gasteiger partial charge in [-0.2, -0.15) is 0 Å². The Hall–Kier alpha value is -7.04. The average Bonchev–Trinajstić information content (AvgIpc) is 3.88. The second-order valence-corrected chi connectivity index (χ2v) is 17.4. The minimum atomic E-state index is 1.13. The smallest absolute Gasteiger partial charge is 0.0555 e. The monoisotopic (exact) mass is 785 g/mol. The first-order valence-corrected chi connectivity index (χ1v) is 21.7. The van der Waals surface area contributed by atoms with Crippen molar-refractivity contribution in [1.82, 2.24) is 0 Å². The minimum Gasteiger partial charge on any atom is -0.310 e. The highest BCUT2D eigenvalue weighted by Gasteiger charge is 2.23. The van der Waals surface area contributed by atoms with Crippen molar-refractivity contribution in [3.05, 3.63) is 212 Å². The summed E-state index contributed by atoms with van der Waals surface area (Å²) in [5.74, 6) is 0. The van der Waals surface area contributed by atoms with Crippen molar-refractivity contribution in [2.24, 2.45) is 0 Å². The van der Waals surface area contributed by atoms with E-state index < -0.39 is 0 Å². The van der Waals surface area contributed by atoms with Gasteiger partial charge in [0, 0.05) is 51.7 Å². The Bertz CT molecular complexity index is 3550. The molecule has 0 amide bonds. The van der Waals surface area contributed by atoms with Crippen molar-refractivity contribution in [1.29, 1.82) is 0 Å². The second kappa shape index (κ2) is 13.8. The zero-order chi connectivity index (χ0) is 38.9. The van der Waals surface area contributed by atoms with E-state index in [1.54, 1.807) is 0 Å². The maximum Gasteiger partial charge on any atom is 0.0555 e. The Morgan fingerprint density at radius 3 is 1.63 bits per heavy atom. The van der Waals surface area contributed by atoms with E-state index in [4.69, 9.17) is 0 Å². The van der Waals surface area contributed by atoms with Gasteiger partial charge in [0.15, 0.2) is 0 Å². The summed E-state index contributed by atoms with van der Waals surface area (Å²) >= 11 is 3.77. The van der Waals surface area contributed by atoms with E-state index in [-0.39, 0.29) is 0 Å². The van der Waals surface area contributed by atoms with Crippen LogP contribution in [0.5, 0.6) is 0 Å². The molecule has 0 aliphatic carbocycles. The molecule has 59 heavy (non-hydrogen) atoms. The highest BCUT2D eigenvalue weighted by atomic mass is 32.1. The van der Waals surface area contributed by atoms with Crippen LogP contribution < -0.4 is 4.90 Å². The van der Waals surface area contributed by atoms with Gasteiger partial charge in [-0.3, -0.25) is 0 Å². The molecule has 12 rings (SSSR count). The molecule has 0 bridgehead atoms. The topological polar surface area (TPSA) is 3.24 Å². The van der Waals surface area contributed by atoms with Gasteiger partial charge in [-0.05, 0) is 103 Å². The summed E-state index contributed by atoms with van der Waals surface area (Å²) in [5.41, 5.74) is 10.9. The normalized spacial score (nSPS) is 11.7. The van der Waals surface area contributed by atoms with E-state index in [9.17, 15) is 0 Å². The van der Waals surface area contributed by atoms with Gasteiger partial charge in [0.1, 0.15) is 0 Å². The third-order valence-corrected chi connectivity index (χ3v) is 14.2. The molecule has 0 unspecified atom stereocenters. The zero-order valence-electron chi connectivity index (χ0n) is 32.0. The van der Waals surface area contributed by atoms with E-state index in [1.165, 1.54) is 101 Å². The summed E-state index contributed by atoms with van der Waals surface area (Å²) in [5, 5.41) is 10.1. The molecule has 2 aromatic heterocycles. The van der Waals surface area contributed by atoms with Crippen molar-refractivity contribution >= 4 is 102 Å². The third kappa shape index (κ3) is 5.73. The van der Waals surface area contributed by atoms with Crippen LogP contribution in [0.15, 0.2) is 212 Å². The molecule has 10 aromatic carbocycles. The van der Waals surface area contributed by atoms with Crippen LogP contribution in [0.4, 0.5) is 17.1 Å². The maximum absolute atomic E-state index is 2.50. The molecule has 12 aromatic rings. The minimum absolute atomic E-state index is 1.13. The van der Waals surface area contributed by atoms with Crippen LogP contribution in [-0.2, 0) is 0 Å². The highest BCUT2D eigenvalue weighted by Crippen LogP contribution is 2.50. The molecule has 0 N–H and O–H groups in total. The van der Waals surface area contributed by atoms with Crippen molar-refractivity contribution in [3.8, 4) is 33.4 Å². The maximum atomic E-state index is 2.50. The quantitative estimate of drug-likeness (QED) is 0.152. The molecule has 0 fully saturated rings. The molecule has 0 aliphatic rings. The summed E-state index contributed by atoms with van der Waals surface area (Å²) in [6, 6.07) is 78.2. The molecular weight excluding hydrogens is 751 g/mol. The number of hydrogen-bond donors (Lipinski definition) is 0. The van der Waals surface area contributed by atoms with Crippen LogP contribution in [0.1, 0.15) is 0 Å². The number of nitrogens with zero attached hydrogens (tertiary/aromatic N) is 1. The first-order valence-electron chi connectivity index (χ1n) is 20.1. The number of rotatable bonds is 6. The molecule has 0 saturated heterocycles. The fraction of sp³-hybridized carbons (Fsp3) is 0. The molecule has 0 atom stereocenters. The standard InChI is InChI=1S/C56H35NS2/c1-4-12-36(13-5-1)40-22-26-48-50-35-44(25-31-52(50)58-53(48)33-40)57(43-24-28-46-42(32-43)21-20-39-18-10-11-19-45(39)46)51-30-29-47(38-16-8-3-9-17-38)56-55(51)49-27-23-41(34-54(49)59-56)37-14-6-2-7-15-37/h1-35H. The lowest BCUT2D eigenvalue weighted by Gasteiger charge is -2.27. The van der Waals surface area contributed by atoms with Gasteiger partial charge >= 0.3 is 0 Å². The molecule has 0 aliphatic heterocycles. The molecule has 0 saturated carbocycles. The SMILES string of the molecule is c1ccc(-c2ccc3c(c2)sc2ccc(N(c4ccc5c(ccc6ccccc65)c4)c4ccc(-c5ccccc5)c5sc6cc(-c7ccccc7)ccc6c45)cc23)cc1. The number of benzene rings is 10. The predicted molar refractivity (Wildman–Crippen MR) is 258 cm³/mol. The van der Waals surface area contributed by atoms with Gasteiger partial charge in [-0.1, -0.05) is 164 Å². The van der Waals surface area contributed by atoms with Crippen LogP contribution in [0.3, 0.4) is 0 Å². The van der Waals surface area contributed by atoms with E-state index >= 15 is 0 Å². The average molecular weight is 786 g/mol. The summed E-state index contributed by atoms with van der Waals surface area (Å²) in [7, 11) is 0. The number of anilines is 3. The Kier molecular flexibility index (Phi) is 7.97. The molecule has 0 spiro atoms. The molecule has 2 heterocycles. The zero-order valence-corrected chi connectivity index (χ0v) is 33.6. The Morgan fingerprint density at radius 2 is 0.881 bits per heavy atom. The van der Waals surface area contributed by atoms with Gasteiger partial charge < -0.3 is 4.90 Å². The lowest BCUT2D eigenvalue weighted by molar-refractivity contribution is 1.31. The van der Waals surface area contributed by atoms with E-state index in [0.29, 0.717) is 0 Å². The van der Waals surface area contributed by atoms with Crippen LogP contribution in [0.25, 0.3) is 95.3 Å². The van der Waals surface area contributed by atoms with Crippen LogP contribution in [0, 0.1) is 0 Å². The second-order valence-electron chi connectivity index (χ2n) is 15.3. The Balaban J connectivity index is 1.12. The van der Waals surface area contributed by atoms with Gasteiger partial charge in [0.05, 0.1) is 5.69 Å². The first kappa shape index (κ1) is 34.0. The third-order valence-electron chi connectivity index (χ3n) is 11.8. The molecule has 0 radical (unpaired) electrons. The van der Waals surface area contributed by atoms with E-state index in [0.717, 1.165) is 11.4 Å². The van der Waals surface area contributed by atoms with Crippen LogP contribution >= 0.6 is 22.7 Å². The summed E-state index contributed by atoms with van der Waals surface area (Å²) in [4.78, 5) is 2.50. The molecular formula is C56H35NS2. The fourth-order valence-electron chi connectivity index (χ4n) is 8.98. The summed E-state index contributed by atoms with van der Waals surface area (Å²) in [6.07, 6.45) is 0. The van der Waals surface area contributed by atoms with Gasteiger partial charge in [0.2, 0.25) is 0 Å². The van der Waals surface area contributed by atoms with Crippen molar-refractivity contribution in [2.75, 3.05) is 4.90 Å². The molecule has 276 valence electrons. The van der Waals surface area contributed by atoms with Crippen LogP contribution in [0.2, 0.25) is 0 Å². The first-order chi connectivity index (χ1) is 29.2. The fourth-order valence-corrected chi connectivity index (χ4v) is 11.4. The predicted octanol–water partition coefficient (Wildman–Crippen LogP) is 17.2. The Morgan fingerprint density at radius 1 is 0.305 bits per heavy atom. The number of thiophene rings is 2. The van der Waals surface area contributed by atoms with E-state index in [2.05, 4.69) is 217 Å². The highest BCUT2D eigenvalue weighted by molar-refractivity contribution is 7.26. The number of fused-ring (bicyclic) bond motifs is 9. The molecule has 1 nitrogen and oxygen atoms in total. The van der Waals surface area contributed by atoms with Crippen molar-refractivity contribution in [3.63, 3.8) is 0 Å². The van der Waals surface area contributed by atoms with Gasteiger partial charge in [-0.15, -0.1) is 22.7 Å². The summed E-state index contributed by atoms with van der Waals surface area (Å²) < 4.78 is 5.17. The largest absolute Gasteiger partial charge is 0.310 e.